The van der Waals surface area contributed by atoms with Crippen LogP contribution in [0.3, 0.4) is 0 Å². The Morgan fingerprint density at radius 2 is 2.00 bits per heavy atom. The number of esters is 1. The van der Waals surface area contributed by atoms with Crippen LogP contribution in [0.1, 0.15) is 33.1 Å². The van der Waals surface area contributed by atoms with Crippen LogP contribution in [0.5, 0.6) is 0 Å². The molecule has 1 rings (SSSR count). The maximum atomic E-state index is 12.0. The molecule has 0 bridgehead atoms. The van der Waals surface area contributed by atoms with Gasteiger partial charge in [-0.25, -0.2) is 0 Å². The SMILES string of the molecule is CCOC(=O)C(C)(CCN1CCC(N(C)C)CC1)NC. The Balaban J connectivity index is 2.40. The van der Waals surface area contributed by atoms with Crippen LogP contribution < -0.4 is 5.32 Å². The van der Waals surface area contributed by atoms with Gasteiger partial charge in [0, 0.05) is 12.6 Å². The molecule has 1 heterocycles. The standard InChI is InChI=1S/C15H31N3O2/c1-6-20-14(19)15(2,16-3)9-12-18-10-7-13(8-11-18)17(4)5/h13,16H,6-12H2,1-5H3. The van der Waals surface area contributed by atoms with E-state index in [1.807, 2.05) is 20.9 Å². The third-order valence-electron chi connectivity index (χ3n) is 4.49. The Hall–Kier alpha value is -0.650. The van der Waals surface area contributed by atoms with E-state index in [0.717, 1.165) is 26.1 Å². The minimum atomic E-state index is -0.575. The van der Waals surface area contributed by atoms with Crippen molar-refractivity contribution in [1.82, 2.24) is 15.1 Å². The van der Waals surface area contributed by atoms with Crippen molar-refractivity contribution in [2.75, 3.05) is 47.4 Å². The molecule has 1 aliphatic heterocycles. The number of carbonyl (C=O) groups is 1. The molecule has 118 valence electrons. The Morgan fingerprint density at radius 3 is 2.45 bits per heavy atom. The summed E-state index contributed by atoms with van der Waals surface area (Å²) in [5.74, 6) is -0.148. The summed E-state index contributed by atoms with van der Waals surface area (Å²) in [7, 11) is 6.13. The Labute approximate surface area is 123 Å². The second kappa shape index (κ2) is 7.96. The molecule has 0 saturated carbocycles. The number of hydrogen-bond acceptors (Lipinski definition) is 5. The van der Waals surface area contributed by atoms with Gasteiger partial charge in [-0.2, -0.15) is 0 Å². The third kappa shape index (κ3) is 4.72. The van der Waals surface area contributed by atoms with E-state index >= 15 is 0 Å². The van der Waals surface area contributed by atoms with E-state index in [2.05, 4.69) is 29.2 Å². The number of likely N-dealkylation sites (N-methyl/N-ethyl adjacent to an activating group) is 1. The van der Waals surface area contributed by atoms with Gasteiger partial charge in [-0.05, 0) is 67.3 Å². The highest BCUT2D eigenvalue weighted by Crippen LogP contribution is 2.17. The molecular weight excluding hydrogens is 254 g/mol. The number of ether oxygens (including phenoxy) is 1. The number of hydrogen-bond donors (Lipinski definition) is 1. The van der Waals surface area contributed by atoms with E-state index in [4.69, 9.17) is 4.74 Å². The van der Waals surface area contributed by atoms with Gasteiger partial charge in [0.25, 0.3) is 0 Å². The molecule has 1 atom stereocenters. The Kier molecular flexibility index (Phi) is 6.92. The lowest BCUT2D eigenvalue weighted by Crippen LogP contribution is -2.51. The van der Waals surface area contributed by atoms with Gasteiger partial charge in [0.15, 0.2) is 0 Å². The van der Waals surface area contributed by atoms with Gasteiger partial charge in [-0.15, -0.1) is 0 Å². The van der Waals surface area contributed by atoms with Crippen molar-refractivity contribution in [3.63, 3.8) is 0 Å². The summed E-state index contributed by atoms with van der Waals surface area (Å²) >= 11 is 0. The Bertz CT molecular complexity index is 301. The van der Waals surface area contributed by atoms with Crippen molar-refractivity contribution in [2.45, 2.75) is 44.7 Å². The Morgan fingerprint density at radius 1 is 1.40 bits per heavy atom. The highest BCUT2D eigenvalue weighted by atomic mass is 16.5. The molecule has 1 unspecified atom stereocenters. The second-order valence-electron chi connectivity index (χ2n) is 6.09. The topological polar surface area (TPSA) is 44.8 Å². The molecule has 0 spiro atoms. The van der Waals surface area contributed by atoms with Crippen LogP contribution in [-0.4, -0.2) is 74.7 Å². The van der Waals surface area contributed by atoms with Crippen LogP contribution in [0.25, 0.3) is 0 Å². The van der Waals surface area contributed by atoms with Crippen LogP contribution in [0.2, 0.25) is 0 Å². The van der Waals surface area contributed by atoms with Crippen LogP contribution in [0, 0.1) is 0 Å². The molecule has 0 aliphatic carbocycles. The normalized spacial score (nSPS) is 20.9. The van der Waals surface area contributed by atoms with Crippen LogP contribution in [-0.2, 0) is 9.53 Å². The van der Waals surface area contributed by atoms with Gasteiger partial charge < -0.3 is 19.9 Å². The summed E-state index contributed by atoms with van der Waals surface area (Å²) in [5, 5.41) is 3.12. The van der Waals surface area contributed by atoms with Gasteiger partial charge in [0.05, 0.1) is 6.61 Å². The van der Waals surface area contributed by atoms with Crippen LogP contribution in [0.4, 0.5) is 0 Å². The highest BCUT2D eigenvalue weighted by molar-refractivity contribution is 5.80. The maximum Gasteiger partial charge on any atom is 0.326 e. The maximum absolute atomic E-state index is 12.0. The number of nitrogens with zero attached hydrogens (tertiary/aromatic N) is 2. The first kappa shape index (κ1) is 17.4. The molecule has 0 aromatic carbocycles. The summed E-state index contributed by atoms with van der Waals surface area (Å²) in [6.45, 7) is 7.38. The fourth-order valence-corrected chi connectivity index (χ4v) is 2.66. The molecule has 0 aromatic heterocycles. The molecule has 5 nitrogen and oxygen atoms in total. The van der Waals surface area contributed by atoms with Crippen molar-refractivity contribution in [3.05, 3.63) is 0 Å². The summed E-state index contributed by atoms with van der Waals surface area (Å²) in [5.41, 5.74) is -0.575. The van der Waals surface area contributed by atoms with Gasteiger partial charge in [0.1, 0.15) is 5.54 Å². The molecule has 0 aromatic rings. The highest BCUT2D eigenvalue weighted by Gasteiger charge is 2.33. The zero-order valence-electron chi connectivity index (χ0n) is 13.7. The minimum Gasteiger partial charge on any atom is -0.465 e. The molecule has 1 N–H and O–H groups in total. The first-order valence-corrected chi connectivity index (χ1v) is 7.68. The predicted molar refractivity (Wildman–Crippen MR) is 81.9 cm³/mol. The summed E-state index contributed by atoms with van der Waals surface area (Å²) < 4.78 is 5.16. The summed E-state index contributed by atoms with van der Waals surface area (Å²) in [6.07, 6.45) is 3.21. The van der Waals surface area contributed by atoms with Crippen molar-refractivity contribution in [2.24, 2.45) is 0 Å². The number of carbonyl (C=O) groups excluding carboxylic acids is 1. The fourth-order valence-electron chi connectivity index (χ4n) is 2.66. The quantitative estimate of drug-likeness (QED) is 0.706. The lowest BCUT2D eigenvalue weighted by molar-refractivity contribution is -0.150. The van der Waals surface area contributed by atoms with E-state index in [1.165, 1.54) is 12.8 Å². The minimum absolute atomic E-state index is 0.148. The zero-order valence-corrected chi connectivity index (χ0v) is 13.7. The predicted octanol–water partition coefficient (Wildman–Crippen LogP) is 0.944. The monoisotopic (exact) mass is 285 g/mol. The number of piperidine rings is 1. The first-order chi connectivity index (χ1) is 9.42. The van der Waals surface area contributed by atoms with Crippen molar-refractivity contribution >= 4 is 5.97 Å². The van der Waals surface area contributed by atoms with E-state index < -0.39 is 5.54 Å². The van der Waals surface area contributed by atoms with Crippen LogP contribution >= 0.6 is 0 Å². The first-order valence-electron chi connectivity index (χ1n) is 7.68. The molecular formula is C15H31N3O2. The molecule has 5 heteroatoms. The van der Waals surface area contributed by atoms with Gasteiger partial charge in [-0.3, -0.25) is 4.79 Å². The van der Waals surface area contributed by atoms with Crippen molar-refractivity contribution in [3.8, 4) is 0 Å². The molecule has 20 heavy (non-hydrogen) atoms. The van der Waals surface area contributed by atoms with Crippen LogP contribution in [0.15, 0.2) is 0 Å². The average molecular weight is 285 g/mol. The van der Waals surface area contributed by atoms with Gasteiger partial charge in [0.2, 0.25) is 0 Å². The number of rotatable bonds is 7. The third-order valence-corrected chi connectivity index (χ3v) is 4.49. The fraction of sp³-hybridized carbons (Fsp3) is 0.933. The van der Waals surface area contributed by atoms with E-state index in [1.54, 1.807) is 0 Å². The van der Waals surface area contributed by atoms with E-state index in [0.29, 0.717) is 12.6 Å². The smallest absolute Gasteiger partial charge is 0.326 e. The molecule has 1 fully saturated rings. The van der Waals surface area contributed by atoms with Crippen molar-refractivity contribution < 1.29 is 9.53 Å². The molecule has 1 aliphatic rings. The summed E-state index contributed by atoms with van der Waals surface area (Å²) in [6, 6.07) is 0.701. The van der Waals surface area contributed by atoms with Gasteiger partial charge in [-0.1, -0.05) is 0 Å². The summed E-state index contributed by atoms with van der Waals surface area (Å²) in [4.78, 5) is 16.8. The second-order valence-corrected chi connectivity index (χ2v) is 6.09. The number of likely N-dealkylation sites (tertiary alicyclic amines) is 1. The molecule has 0 radical (unpaired) electrons. The zero-order chi connectivity index (χ0) is 15.2. The largest absolute Gasteiger partial charge is 0.465 e. The average Bonchev–Trinajstić information content (AvgIpc) is 2.45. The van der Waals surface area contributed by atoms with E-state index in [-0.39, 0.29) is 5.97 Å². The molecule has 0 amide bonds. The van der Waals surface area contributed by atoms with Gasteiger partial charge >= 0.3 is 5.97 Å². The van der Waals surface area contributed by atoms with E-state index in [9.17, 15) is 4.79 Å². The molecule has 1 saturated heterocycles. The lowest BCUT2D eigenvalue weighted by Gasteiger charge is -2.37. The van der Waals surface area contributed by atoms with Crippen molar-refractivity contribution in [1.29, 1.82) is 0 Å². The lowest BCUT2D eigenvalue weighted by atomic mass is 9.96. The number of nitrogens with one attached hydrogen (secondary N) is 1.